The molecule has 7 nitrogen and oxygen atoms in total. The number of anilines is 2. The number of carbonyl (C=O) groups excluding carboxylic acids is 2. The van der Waals surface area contributed by atoms with Gasteiger partial charge in [0.15, 0.2) is 5.69 Å². The molecule has 0 unspecified atom stereocenters. The third-order valence-electron chi connectivity index (χ3n) is 4.38. The maximum absolute atomic E-state index is 12.6. The normalized spacial score (nSPS) is 10.8. The van der Waals surface area contributed by atoms with E-state index >= 15 is 0 Å². The van der Waals surface area contributed by atoms with Gasteiger partial charge in [0.05, 0.1) is 11.4 Å². The van der Waals surface area contributed by atoms with Crippen molar-refractivity contribution < 1.29 is 9.59 Å². The molecule has 28 heavy (non-hydrogen) atoms. The molecule has 0 bridgehead atoms. The van der Waals surface area contributed by atoms with Crippen LogP contribution < -0.4 is 10.6 Å². The topological polar surface area (TPSA) is 88.9 Å². The molecule has 0 aliphatic rings. The Labute approximate surface area is 163 Å². The summed E-state index contributed by atoms with van der Waals surface area (Å²) in [5, 5.41) is 13.7. The second-order valence-electron chi connectivity index (χ2n) is 6.89. The van der Waals surface area contributed by atoms with Crippen LogP contribution in [0.2, 0.25) is 0 Å². The zero-order valence-corrected chi connectivity index (χ0v) is 16.4. The first-order chi connectivity index (χ1) is 13.3. The van der Waals surface area contributed by atoms with E-state index in [2.05, 4.69) is 46.9 Å². The first-order valence-electron chi connectivity index (χ1n) is 9.07. The van der Waals surface area contributed by atoms with Crippen molar-refractivity contribution in [1.29, 1.82) is 0 Å². The van der Waals surface area contributed by atoms with E-state index in [-0.39, 0.29) is 17.5 Å². The number of hydrogen-bond donors (Lipinski definition) is 2. The summed E-state index contributed by atoms with van der Waals surface area (Å²) < 4.78 is 1.65. The molecule has 1 aromatic heterocycles. The first kappa shape index (κ1) is 19.3. The van der Waals surface area contributed by atoms with Crippen molar-refractivity contribution >= 4 is 23.2 Å². The van der Waals surface area contributed by atoms with Crippen LogP contribution in [0.1, 0.15) is 48.4 Å². The van der Waals surface area contributed by atoms with E-state index in [0.29, 0.717) is 23.0 Å². The fraction of sp³-hybridized carbons (Fsp3) is 0.238. The number of carbonyl (C=O) groups is 2. The van der Waals surface area contributed by atoms with E-state index in [1.54, 1.807) is 28.9 Å². The van der Waals surface area contributed by atoms with Gasteiger partial charge in [-0.1, -0.05) is 31.2 Å². The largest absolute Gasteiger partial charge is 0.326 e. The molecule has 0 aliphatic heterocycles. The molecule has 7 heteroatoms. The molecule has 3 aromatic rings. The van der Waals surface area contributed by atoms with Crippen molar-refractivity contribution in [3.8, 4) is 5.69 Å². The Bertz CT molecular complexity index is 989. The van der Waals surface area contributed by atoms with Crippen LogP contribution >= 0.6 is 0 Å². The molecule has 1 heterocycles. The van der Waals surface area contributed by atoms with E-state index in [0.717, 1.165) is 5.69 Å². The summed E-state index contributed by atoms with van der Waals surface area (Å²) in [6.07, 6.45) is 0. The average molecular weight is 377 g/mol. The minimum absolute atomic E-state index is 0.148. The second kappa shape index (κ2) is 8.04. The van der Waals surface area contributed by atoms with E-state index in [4.69, 9.17) is 0 Å². The predicted molar refractivity (Wildman–Crippen MR) is 109 cm³/mol. The molecule has 0 fully saturated rings. The lowest BCUT2D eigenvalue weighted by Gasteiger charge is -2.08. The fourth-order valence-corrected chi connectivity index (χ4v) is 2.82. The minimum Gasteiger partial charge on any atom is -0.326 e. The lowest BCUT2D eigenvalue weighted by atomic mass is 10.0. The van der Waals surface area contributed by atoms with Gasteiger partial charge >= 0.3 is 0 Å². The molecular weight excluding hydrogens is 354 g/mol. The van der Waals surface area contributed by atoms with Crippen LogP contribution in [0.3, 0.4) is 0 Å². The van der Waals surface area contributed by atoms with Crippen molar-refractivity contribution in [3.05, 3.63) is 65.5 Å². The Morgan fingerprint density at radius 2 is 1.50 bits per heavy atom. The number of aromatic nitrogens is 3. The minimum atomic E-state index is -0.338. The smallest absolute Gasteiger partial charge is 0.278 e. The van der Waals surface area contributed by atoms with Crippen molar-refractivity contribution in [1.82, 2.24) is 15.0 Å². The molecule has 0 spiro atoms. The number of benzene rings is 2. The molecular formula is C21H23N5O2. The van der Waals surface area contributed by atoms with E-state index in [9.17, 15) is 9.59 Å². The lowest BCUT2D eigenvalue weighted by Crippen LogP contribution is -2.14. The van der Waals surface area contributed by atoms with Crippen molar-refractivity contribution in [2.24, 2.45) is 0 Å². The SMILES string of the molecule is CC(=O)Nc1ccc(NC(=O)c2nnn(-c3ccc(C(C)C)cc3)c2C)cc1. The van der Waals surface area contributed by atoms with Crippen molar-refractivity contribution in [2.75, 3.05) is 10.6 Å². The van der Waals surface area contributed by atoms with Gasteiger partial charge in [-0.3, -0.25) is 9.59 Å². The Kier molecular flexibility index (Phi) is 5.54. The van der Waals surface area contributed by atoms with Crippen LogP contribution in [0.4, 0.5) is 11.4 Å². The third-order valence-corrected chi connectivity index (χ3v) is 4.38. The number of nitrogens with zero attached hydrogens (tertiary/aromatic N) is 3. The molecule has 0 saturated carbocycles. The highest BCUT2D eigenvalue weighted by atomic mass is 16.2. The van der Waals surface area contributed by atoms with Gasteiger partial charge in [0.25, 0.3) is 5.91 Å². The molecule has 0 aliphatic carbocycles. The van der Waals surface area contributed by atoms with E-state index in [1.165, 1.54) is 12.5 Å². The highest BCUT2D eigenvalue weighted by molar-refractivity contribution is 6.03. The van der Waals surface area contributed by atoms with Crippen LogP contribution in [0.25, 0.3) is 5.69 Å². The van der Waals surface area contributed by atoms with Crippen LogP contribution in [-0.4, -0.2) is 26.8 Å². The van der Waals surface area contributed by atoms with Crippen LogP contribution in [0.15, 0.2) is 48.5 Å². The van der Waals surface area contributed by atoms with E-state index in [1.807, 2.05) is 19.1 Å². The summed E-state index contributed by atoms with van der Waals surface area (Å²) in [7, 11) is 0. The first-order valence-corrected chi connectivity index (χ1v) is 9.07. The number of hydrogen-bond acceptors (Lipinski definition) is 4. The summed E-state index contributed by atoms with van der Waals surface area (Å²) in [6, 6.07) is 14.9. The highest BCUT2D eigenvalue weighted by Gasteiger charge is 2.17. The molecule has 144 valence electrons. The molecule has 3 rings (SSSR count). The second-order valence-corrected chi connectivity index (χ2v) is 6.89. The summed E-state index contributed by atoms with van der Waals surface area (Å²) in [5.41, 5.74) is 4.28. The van der Waals surface area contributed by atoms with Gasteiger partial charge < -0.3 is 10.6 Å². The quantitative estimate of drug-likeness (QED) is 0.705. The molecule has 0 atom stereocenters. The van der Waals surface area contributed by atoms with Gasteiger partial charge in [-0.2, -0.15) is 0 Å². The summed E-state index contributed by atoms with van der Waals surface area (Å²) in [6.45, 7) is 7.53. The maximum Gasteiger partial charge on any atom is 0.278 e. The van der Waals surface area contributed by atoms with Gasteiger partial charge in [-0.05, 0) is 54.8 Å². The van der Waals surface area contributed by atoms with Gasteiger partial charge in [0, 0.05) is 18.3 Å². The third kappa shape index (κ3) is 4.25. The lowest BCUT2D eigenvalue weighted by molar-refractivity contribution is -0.114. The van der Waals surface area contributed by atoms with E-state index < -0.39 is 0 Å². The molecule has 2 amide bonds. The summed E-state index contributed by atoms with van der Waals surface area (Å²) >= 11 is 0. The number of nitrogens with one attached hydrogen (secondary N) is 2. The molecule has 2 N–H and O–H groups in total. The standard InChI is InChI=1S/C21H23N5O2/c1-13(2)16-5-11-19(12-6-16)26-14(3)20(24-25-26)21(28)23-18-9-7-17(8-10-18)22-15(4)27/h5-13H,1-4H3,(H,22,27)(H,23,28). The Morgan fingerprint density at radius 1 is 0.929 bits per heavy atom. The van der Waals surface area contributed by atoms with Gasteiger partial charge in [0.1, 0.15) is 0 Å². The Hall–Kier alpha value is -3.48. The molecule has 0 saturated heterocycles. The summed E-state index contributed by atoms with van der Waals surface area (Å²) in [5.74, 6) is -0.0375. The molecule has 2 aromatic carbocycles. The average Bonchev–Trinajstić information content (AvgIpc) is 3.04. The fourth-order valence-electron chi connectivity index (χ4n) is 2.82. The summed E-state index contributed by atoms with van der Waals surface area (Å²) in [4.78, 5) is 23.7. The monoisotopic (exact) mass is 377 g/mol. The van der Waals surface area contributed by atoms with Crippen LogP contribution in [0.5, 0.6) is 0 Å². The van der Waals surface area contributed by atoms with Crippen LogP contribution in [0, 0.1) is 6.92 Å². The number of rotatable bonds is 5. The Balaban J connectivity index is 1.75. The van der Waals surface area contributed by atoms with Gasteiger partial charge in [-0.25, -0.2) is 4.68 Å². The maximum atomic E-state index is 12.6. The number of amides is 2. The predicted octanol–water partition coefficient (Wildman–Crippen LogP) is 3.91. The van der Waals surface area contributed by atoms with Gasteiger partial charge in [-0.15, -0.1) is 5.10 Å². The Morgan fingerprint density at radius 3 is 2.04 bits per heavy atom. The van der Waals surface area contributed by atoms with Crippen molar-refractivity contribution in [3.63, 3.8) is 0 Å². The highest BCUT2D eigenvalue weighted by Crippen LogP contribution is 2.19. The zero-order valence-electron chi connectivity index (χ0n) is 16.4. The van der Waals surface area contributed by atoms with Crippen LogP contribution in [-0.2, 0) is 4.79 Å². The van der Waals surface area contributed by atoms with Crippen molar-refractivity contribution in [2.45, 2.75) is 33.6 Å². The van der Waals surface area contributed by atoms with Gasteiger partial charge in [0.2, 0.25) is 5.91 Å². The zero-order chi connectivity index (χ0) is 20.3. The molecule has 0 radical (unpaired) electrons.